The molecule has 0 aliphatic heterocycles. The summed E-state index contributed by atoms with van der Waals surface area (Å²) in [6.07, 6.45) is 0. The van der Waals surface area contributed by atoms with Gasteiger partial charge in [0.2, 0.25) is 0 Å². The van der Waals surface area contributed by atoms with Gasteiger partial charge in [-0.2, -0.15) is 0 Å². The van der Waals surface area contributed by atoms with Crippen LogP contribution in [-0.2, 0) is 0 Å². The average Bonchev–Trinajstić information content (AvgIpc) is 2.39. The number of hydrogen-bond acceptors (Lipinski definition) is 1. The van der Waals surface area contributed by atoms with Crippen LogP contribution in [0.5, 0.6) is 0 Å². The Hall–Kier alpha value is -1.09. The minimum atomic E-state index is -0.306. The van der Waals surface area contributed by atoms with Crippen molar-refractivity contribution in [3.63, 3.8) is 0 Å². The van der Waals surface area contributed by atoms with Gasteiger partial charge >= 0.3 is 0 Å². The van der Waals surface area contributed by atoms with Gasteiger partial charge in [0, 0.05) is 10.0 Å². The summed E-state index contributed by atoms with van der Waals surface area (Å²) in [6, 6.07) is 9.84. The van der Waals surface area contributed by atoms with E-state index in [9.17, 15) is 4.39 Å². The maximum absolute atomic E-state index is 13.4. The van der Waals surface area contributed by atoms with Crippen LogP contribution in [0.25, 0.3) is 0 Å². The zero-order valence-corrected chi connectivity index (χ0v) is 12.2. The topological polar surface area (TPSA) is 12.0 Å². The highest BCUT2D eigenvalue weighted by atomic mass is 35.5. The molecule has 2 rings (SSSR count). The molecule has 100 valence electrons. The molecule has 0 bridgehead atoms. The molecule has 2 aromatic rings. The van der Waals surface area contributed by atoms with Crippen LogP contribution in [0, 0.1) is 12.7 Å². The second-order valence-electron chi connectivity index (χ2n) is 4.34. The van der Waals surface area contributed by atoms with E-state index in [1.807, 2.05) is 32.2 Å². The number of hydrogen-bond donors (Lipinski definition) is 1. The Morgan fingerprint density at radius 1 is 1.05 bits per heavy atom. The van der Waals surface area contributed by atoms with Crippen molar-refractivity contribution in [2.45, 2.75) is 13.0 Å². The van der Waals surface area contributed by atoms with E-state index in [0.717, 1.165) is 11.1 Å². The van der Waals surface area contributed by atoms with Gasteiger partial charge in [0.1, 0.15) is 5.82 Å². The Balaban J connectivity index is 2.56. The van der Waals surface area contributed by atoms with E-state index in [0.29, 0.717) is 15.6 Å². The standard InChI is InChI=1S/C15H14Cl2FN/c1-9-11(4-3-5-13(9)16)15(19-2)12-8-10(18)6-7-14(12)17/h3-8,15,19H,1-2H3. The zero-order valence-electron chi connectivity index (χ0n) is 10.7. The Bertz CT molecular complexity index is 597. The van der Waals surface area contributed by atoms with Gasteiger partial charge in [0.05, 0.1) is 6.04 Å². The molecule has 0 aliphatic carbocycles. The van der Waals surface area contributed by atoms with E-state index in [1.54, 1.807) is 6.07 Å². The first-order valence-corrected chi connectivity index (χ1v) is 6.67. The third-order valence-electron chi connectivity index (χ3n) is 3.18. The average molecular weight is 298 g/mol. The van der Waals surface area contributed by atoms with E-state index >= 15 is 0 Å². The van der Waals surface area contributed by atoms with Crippen LogP contribution in [0.15, 0.2) is 36.4 Å². The van der Waals surface area contributed by atoms with Crippen molar-refractivity contribution in [3.8, 4) is 0 Å². The van der Waals surface area contributed by atoms with Crippen LogP contribution in [0.1, 0.15) is 22.7 Å². The van der Waals surface area contributed by atoms with Crippen LogP contribution in [-0.4, -0.2) is 7.05 Å². The Kier molecular flexibility index (Phi) is 4.46. The van der Waals surface area contributed by atoms with Crippen molar-refractivity contribution in [3.05, 3.63) is 69.0 Å². The van der Waals surface area contributed by atoms with E-state index < -0.39 is 0 Å². The molecule has 2 aromatic carbocycles. The van der Waals surface area contributed by atoms with Gasteiger partial charge < -0.3 is 5.32 Å². The SMILES string of the molecule is CNC(c1cc(F)ccc1Cl)c1cccc(Cl)c1C. The highest BCUT2D eigenvalue weighted by Gasteiger charge is 2.18. The van der Waals surface area contributed by atoms with Crippen LogP contribution in [0.4, 0.5) is 4.39 Å². The fourth-order valence-corrected chi connectivity index (χ4v) is 2.56. The van der Waals surface area contributed by atoms with Crippen molar-refractivity contribution < 1.29 is 4.39 Å². The highest BCUT2D eigenvalue weighted by molar-refractivity contribution is 6.32. The quantitative estimate of drug-likeness (QED) is 0.862. The van der Waals surface area contributed by atoms with Crippen molar-refractivity contribution in [2.24, 2.45) is 0 Å². The number of halogens is 3. The van der Waals surface area contributed by atoms with E-state index in [2.05, 4.69) is 5.32 Å². The summed E-state index contributed by atoms with van der Waals surface area (Å²) in [4.78, 5) is 0. The van der Waals surface area contributed by atoms with Gasteiger partial charge in [-0.3, -0.25) is 0 Å². The molecular formula is C15H14Cl2FN. The van der Waals surface area contributed by atoms with E-state index in [-0.39, 0.29) is 11.9 Å². The molecule has 1 unspecified atom stereocenters. The lowest BCUT2D eigenvalue weighted by Gasteiger charge is -2.21. The van der Waals surface area contributed by atoms with Crippen LogP contribution in [0.2, 0.25) is 10.0 Å². The molecule has 0 heterocycles. The predicted molar refractivity (Wildman–Crippen MR) is 78.5 cm³/mol. The first-order valence-electron chi connectivity index (χ1n) is 5.92. The first-order chi connectivity index (χ1) is 9.04. The van der Waals surface area contributed by atoms with Crippen molar-refractivity contribution in [1.82, 2.24) is 5.32 Å². The first kappa shape index (κ1) is 14.3. The molecule has 4 heteroatoms. The number of nitrogens with one attached hydrogen (secondary N) is 1. The molecule has 19 heavy (non-hydrogen) atoms. The number of benzene rings is 2. The minimum absolute atomic E-state index is 0.193. The summed E-state index contributed by atoms with van der Waals surface area (Å²) in [5, 5.41) is 4.37. The highest BCUT2D eigenvalue weighted by Crippen LogP contribution is 2.32. The molecule has 0 fully saturated rings. The molecule has 0 amide bonds. The van der Waals surface area contributed by atoms with Gasteiger partial charge in [-0.25, -0.2) is 4.39 Å². The molecule has 0 aliphatic rings. The van der Waals surface area contributed by atoms with Crippen LogP contribution in [0.3, 0.4) is 0 Å². The molecular weight excluding hydrogens is 284 g/mol. The Morgan fingerprint density at radius 3 is 2.47 bits per heavy atom. The second kappa shape index (κ2) is 5.91. The lowest BCUT2D eigenvalue weighted by atomic mass is 9.95. The third-order valence-corrected chi connectivity index (χ3v) is 3.93. The minimum Gasteiger partial charge on any atom is -0.309 e. The predicted octanol–water partition coefficient (Wildman–Crippen LogP) is 4.75. The van der Waals surface area contributed by atoms with Crippen molar-refractivity contribution in [2.75, 3.05) is 7.05 Å². The van der Waals surface area contributed by atoms with Crippen molar-refractivity contribution in [1.29, 1.82) is 0 Å². The molecule has 1 N–H and O–H groups in total. The molecule has 0 radical (unpaired) electrons. The normalized spacial score (nSPS) is 12.5. The molecule has 0 saturated carbocycles. The summed E-state index contributed by atoms with van der Waals surface area (Å²) in [6.45, 7) is 1.94. The molecule has 1 atom stereocenters. The summed E-state index contributed by atoms with van der Waals surface area (Å²) < 4.78 is 13.4. The number of rotatable bonds is 3. The Morgan fingerprint density at radius 2 is 1.79 bits per heavy atom. The maximum atomic E-state index is 13.4. The van der Waals surface area contributed by atoms with Gasteiger partial charge in [0.15, 0.2) is 0 Å². The third kappa shape index (κ3) is 2.92. The summed E-state index contributed by atoms with van der Waals surface area (Å²) in [5.41, 5.74) is 2.65. The van der Waals surface area contributed by atoms with Crippen LogP contribution < -0.4 is 5.32 Å². The fourth-order valence-electron chi connectivity index (χ4n) is 2.15. The van der Waals surface area contributed by atoms with Gasteiger partial charge in [0.25, 0.3) is 0 Å². The maximum Gasteiger partial charge on any atom is 0.123 e. The van der Waals surface area contributed by atoms with E-state index in [4.69, 9.17) is 23.2 Å². The summed E-state index contributed by atoms with van der Waals surface area (Å²) in [7, 11) is 1.81. The zero-order chi connectivity index (χ0) is 14.0. The molecule has 0 saturated heterocycles. The van der Waals surface area contributed by atoms with Gasteiger partial charge in [-0.1, -0.05) is 35.3 Å². The molecule has 0 spiro atoms. The van der Waals surface area contributed by atoms with Crippen LogP contribution >= 0.6 is 23.2 Å². The summed E-state index contributed by atoms with van der Waals surface area (Å²) >= 11 is 12.3. The van der Waals surface area contributed by atoms with Crippen molar-refractivity contribution >= 4 is 23.2 Å². The lowest BCUT2D eigenvalue weighted by Crippen LogP contribution is -2.19. The van der Waals surface area contributed by atoms with Gasteiger partial charge in [-0.05, 0) is 54.9 Å². The second-order valence-corrected chi connectivity index (χ2v) is 5.16. The largest absolute Gasteiger partial charge is 0.309 e. The summed E-state index contributed by atoms with van der Waals surface area (Å²) in [5.74, 6) is -0.306. The molecule has 0 aromatic heterocycles. The lowest BCUT2D eigenvalue weighted by molar-refractivity contribution is 0.616. The van der Waals surface area contributed by atoms with Gasteiger partial charge in [-0.15, -0.1) is 0 Å². The Labute approximate surface area is 122 Å². The van der Waals surface area contributed by atoms with E-state index in [1.165, 1.54) is 12.1 Å². The monoisotopic (exact) mass is 297 g/mol. The smallest absolute Gasteiger partial charge is 0.123 e. The fraction of sp³-hybridized carbons (Fsp3) is 0.200. The molecule has 1 nitrogen and oxygen atoms in total.